The van der Waals surface area contributed by atoms with Gasteiger partial charge in [-0.05, 0) is 23.8 Å². The molecule has 1 N–H and O–H groups in total. The van der Waals surface area contributed by atoms with Crippen LogP contribution in [0.1, 0.15) is 22.9 Å². The van der Waals surface area contributed by atoms with Crippen LogP contribution in [-0.2, 0) is 6.18 Å². The van der Waals surface area contributed by atoms with Gasteiger partial charge in [0, 0.05) is 6.07 Å². The SMILES string of the molecule is COc1ccc(C(O)c2ccc(C(F)(F)F)c(F)c2)nn1. The summed E-state index contributed by atoms with van der Waals surface area (Å²) in [5.41, 5.74) is -1.38. The van der Waals surface area contributed by atoms with E-state index in [0.717, 1.165) is 6.07 Å². The van der Waals surface area contributed by atoms with E-state index in [1.54, 1.807) is 0 Å². The second-order valence-electron chi connectivity index (χ2n) is 4.14. The van der Waals surface area contributed by atoms with Gasteiger partial charge < -0.3 is 9.84 Å². The molecule has 1 atom stereocenters. The minimum Gasteiger partial charge on any atom is -0.480 e. The zero-order valence-corrected chi connectivity index (χ0v) is 10.7. The fourth-order valence-electron chi connectivity index (χ4n) is 1.69. The lowest BCUT2D eigenvalue weighted by atomic mass is 10.0. The molecule has 0 aliphatic carbocycles. The second kappa shape index (κ2) is 5.65. The molecular weight excluding hydrogens is 292 g/mol. The van der Waals surface area contributed by atoms with Crippen molar-refractivity contribution in [1.82, 2.24) is 10.2 Å². The Labute approximate surface area is 117 Å². The first-order chi connectivity index (χ1) is 9.82. The lowest BCUT2D eigenvalue weighted by Gasteiger charge is -2.13. The molecule has 0 bridgehead atoms. The van der Waals surface area contributed by atoms with Crippen LogP contribution in [-0.4, -0.2) is 22.4 Å². The Hall–Kier alpha value is -2.22. The quantitative estimate of drug-likeness (QED) is 0.886. The fraction of sp³-hybridized carbons (Fsp3) is 0.231. The minimum atomic E-state index is -4.78. The maximum atomic E-state index is 13.5. The molecule has 0 saturated carbocycles. The highest BCUT2D eigenvalue weighted by atomic mass is 19.4. The van der Waals surface area contributed by atoms with Gasteiger partial charge in [-0.1, -0.05) is 6.07 Å². The maximum Gasteiger partial charge on any atom is 0.419 e. The largest absolute Gasteiger partial charge is 0.480 e. The summed E-state index contributed by atoms with van der Waals surface area (Å²) in [5.74, 6) is -1.25. The van der Waals surface area contributed by atoms with Crippen LogP contribution in [0.2, 0.25) is 0 Å². The first kappa shape index (κ1) is 15.2. The van der Waals surface area contributed by atoms with E-state index >= 15 is 0 Å². The molecule has 8 heteroatoms. The average molecular weight is 302 g/mol. The Morgan fingerprint density at radius 1 is 1.14 bits per heavy atom. The number of nitrogens with zero attached hydrogens (tertiary/aromatic N) is 2. The van der Waals surface area contributed by atoms with Crippen molar-refractivity contribution in [1.29, 1.82) is 0 Å². The van der Waals surface area contributed by atoms with Crippen LogP contribution in [0, 0.1) is 5.82 Å². The van der Waals surface area contributed by atoms with E-state index in [4.69, 9.17) is 4.74 Å². The summed E-state index contributed by atoms with van der Waals surface area (Å²) >= 11 is 0. The third-order valence-electron chi connectivity index (χ3n) is 2.76. The Kier molecular flexibility index (Phi) is 4.08. The van der Waals surface area contributed by atoms with Crippen molar-refractivity contribution in [3.8, 4) is 5.88 Å². The zero-order chi connectivity index (χ0) is 15.6. The van der Waals surface area contributed by atoms with Crippen molar-refractivity contribution in [3.63, 3.8) is 0 Å². The van der Waals surface area contributed by atoms with E-state index in [-0.39, 0.29) is 17.1 Å². The van der Waals surface area contributed by atoms with Crippen molar-refractivity contribution in [3.05, 3.63) is 53.0 Å². The Balaban J connectivity index is 2.30. The predicted molar refractivity (Wildman–Crippen MR) is 64.0 cm³/mol. The summed E-state index contributed by atoms with van der Waals surface area (Å²) in [6, 6.07) is 4.99. The highest BCUT2D eigenvalue weighted by Crippen LogP contribution is 2.33. The van der Waals surface area contributed by atoms with Gasteiger partial charge in [0.2, 0.25) is 5.88 Å². The van der Waals surface area contributed by atoms with Crippen LogP contribution in [0.3, 0.4) is 0 Å². The molecule has 21 heavy (non-hydrogen) atoms. The molecule has 2 rings (SSSR count). The molecule has 0 amide bonds. The van der Waals surface area contributed by atoms with Gasteiger partial charge in [0.25, 0.3) is 0 Å². The van der Waals surface area contributed by atoms with Gasteiger partial charge in [-0.25, -0.2) is 4.39 Å². The summed E-state index contributed by atoms with van der Waals surface area (Å²) in [4.78, 5) is 0. The average Bonchev–Trinajstić information content (AvgIpc) is 2.45. The van der Waals surface area contributed by atoms with Gasteiger partial charge in [0.05, 0.1) is 18.4 Å². The third-order valence-corrected chi connectivity index (χ3v) is 2.76. The molecule has 0 aliphatic heterocycles. The lowest BCUT2D eigenvalue weighted by molar-refractivity contribution is -0.140. The minimum absolute atomic E-state index is 0.0556. The Bertz CT molecular complexity index is 629. The molecule has 4 nitrogen and oxygen atoms in total. The normalized spacial score (nSPS) is 13.0. The van der Waals surface area contributed by atoms with Crippen LogP contribution in [0.15, 0.2) is 30.3 Å². The van der Waals surface area contributed by atoms with Crippen LogP contribution < -0.4 is 4.74 Å². The number of hydrogen-bond acceptors (Lipinski definition) is 4. The van der Waals surface area contributed by atoms with Crippen molar-refractivity contribution >= 4 is 0 Å². The summed E-state index contributed by atoms with van der Waals surface area (Å²) in [7, 11) is 1.38. The molecule has 112 valence electrons. The molecule has 2 aromatic rings. The maximum absolute atomic E-state index is 13.5. The van der Waals surface area contributed by atoms with Gasteiger partial charge in [-0.15, -0.1) is 10.2 Å². The molecule has 1 unspecified atom stereocenters. The number of halogens is 4. The monoisotopic (exact) mass is 302 g/mol. The highest BCUT2D eigenvalue weighted by Gasteiger charge is 2.34. The van der Waals surface area contributed by atoms with Gasteiger partial charge in [0.1, 0.15) is 11.9 Å². The number of hydrogen-bond donors (Lipinski definition) is 1. The predicted octanol–water partition coefficient (Wildman–Crippen LogP) is 2.72. The van der Waals surface area contributed by atoms with Crippen molar-refractivity contribution in [2.75, 3.05) is 7.11 Å². The number of benzene rings is 1. The number of ether oxygens (including phenoxy) is 1. The van der Waals surface area contributed by atoms with Crippen LogP contribution in [0.5, 0.6) is 5.88 Å². The van der Waals surface area contributed by atoms with E-state index < -0.39 is 23.7 Å². The molecule has 1 aromatic heterocycles. The smallest absolute Gasteiger partial charge is 0.419 e. The Morgan fingerprint density at radius 2 is 1.86 bits per heavy atom. The van der Waals surface area contributed by atoms with Gasteiger partial charge >= 0.3 is 6.18 Å². The molecule has 1 heterocycles. The molecule has 0 spiro atoms. The lowest BCUT2D eigenvalue weighted by Crippen LogP contribution is -2.10. The summed E-state index contributed by atoms with van der Waals surface area (Å²) in [6.45, 7) is 0. The van der Waals surface area contributed by atoms with Crippen LogP contribution >= 0.6 is 0 Å². The summed E-state index contributed by atoms with van der Waals surface area (Å²) < 4.78 is 55.6. The number of alkyl halides is 3. The third kappa shape index (κ3) is 3.27. The van der Waals surface area contributed by atoms with Crippen molar-refractivity contribution in [2.24, 2.45) is 0 Å². The van der Waals surface area contributed by atoms with Gasteiger partial charge in [-0.2, -0.15) is 13.2 Å². The first-order valence-electron chi connectivity index (χ1n) is 5.75. The number of rotatable bonds is 3. The van der Waals surface area contributed by atoms with E-state index in [1.165, 1.54) is 19.2 Å². The van der Waals surface area contributed by atoms with Crippen LogP contribution in [0.4, 0.5) is 17.6 Å². The highest BCUT2D eigenvalue weighted by molar-refractivity contribution is 5.31. The van der Waals surface area contributed by atoms with Gasteiger partial charge in [0.15, 0.2) is 0 Å². The summed E-state index contributed by atoms with van der Waals surface area (Å²) in [6.07, 6.45) is -6.17. The van der Waals surface area contributed by atoms with Crippen molar-refractivity contribution < 1.29 is 27.4 Å². The van der Waals surface area contributed by atoms with E-state index in [9.17, 15) is 22.7 Å². The molecule has 0 aliphatic rings. The van der Waals surface area contributed by atoms with E-state index in [2.05, 4.69) is 10.2 Å². The zero-order valence-electron chi connectivity index (χ0n) is 10.7. The summed E-state index contributed by atoms with van der Waals surface area (Å²) in [5, 5.41) is 17.3. The molecular formula is C13H10F4N2O2. The Morgan fingerprint density at radius 3 is 2.33 bits per heavy atom. The van der Waals surface area contributed by atoms with E-state index in [1.807, 2.05) is 0 Å². The molecule has 0 radical (unpaired) electrons. The second-order valence-corrected chi connectivity index (χ2v) is 4.14. The van der Waals surface area contributed by atoms with Crippen LogP contribution in [0.25, 0.3) is 0 Å². The number of aliphatic hydroxyl groups is 1. The standard InChI is InChI=1S/C13H10F4N2O2/c1-21-11-5-4-10(18-19-11)12(20)7-2-3-8(9(14)6-7)13(15,16)17/h2-6,12,20H,1H3. The number of aromatic nitrogens is 2. The molecule has 1 aromatic carbocycles. The molecule has 0 saturated heterocycles. The van der Waals surface area contributed by atoms with Gasteiger partial charge in [-0.3, -0.25) is 0 Å². The van der Waals surface area contributed by atoms with Crippen molar-refractivity contribution in [2.45, 2.75) is 12.3 Å². The topological polar surface area (TPSA) is 55.2 Å². The first-order valence-corrected chi connectivity index (χ1v) is 5.75. The number of aliphatic hydroxyl groups excluding tert-OH is 1. The fourth-order valence-corrected chi connectivity index (χ4v) is 1.69. The number of methoxy groups -OCH3 is 1. The molecule has 0 fully saturated rings. The van der Waals surface area contributed by atoms with E-state index in [0.29, 0.717) is 12.1 Å².